The van der Waals surface area contributed by atoms with Crippen molar-refractivity contribution in [3.63, 3.8) is 0 Å². The Morgan fingerprint density at radius 2 is 2.00 bits per heavy atom. The summed E-state index contributed by atoms with van der Waals surface area (Å²) in [4.78, 5) is 19.6. The normalized spacial score (nSPS) is 18.4. The maximum Gasteiger partial charge on any atom is 0.255 e. The van der Waals surface area contributed by atoms with E-state index in [9.17, 15) is 4.79 Å². The van der Waals surface area contributed by atoms with Gasteiger partial charge in [0.15, 0.2) is 5.65 Å². The Morgan fingerprint density at radius 3 is 2.62 bits per heavy atom. The summed E-state index contributed by atoms with van der Waals surface area (Å²) in [5, 5.41) is 5.31. The third-order valence-corrected chi connectivity index (χ3v) is 4.97. The topological polar surface area (TPSA) is 77.0 Å². The number of nitrogens with two attached hydrogens (primary N) is 1. The first kappa shape index (κ1) is 22.7. The van der Waals surface area contributed by atoms with Gasteiger partial charge in [-0.1, -0.05) is 0 Å². The van der Waals surface area contributed by atoms with Crippen LogP contribution < -0.4 is 5.73 Å². The number of hydrogen-bond acceptors (Lipinski definition) is 4. The highest BCUT2D eigenvalue weighted by Gasteiger charge is 2.28. The molecule has 26 heavy (non-hydrogen) atoms. The van der Waals surface area contributed by atoms with Crippen molar-refractivity contribution < 1.29 is 4.79 Å². The largest absolute Gasteiger partial charge is 0.338 e. The van der Waals surface area contributed by atoms with E-state index in [0.717, 1.165) is 42.7 Å². The van der Waals surface area contributed by atoms with Crippen molar-refractivity contribution >= 4 is 41.8 Å². The minimum Gasteiger partial charge on any atom is -0.338 e. The molecule has 0 bridgehead atoms. The molecule has 2 N–H and O–H groups in total. The lowest BCUT2D eigenvalue weighted by Gasteiger charge is -2.34. The van der Waals surface area contributed by atoms with E-state index in [0.29, 0.717) is 11.5 Å². The molecule has 2 aromatic heterocycles. The SMILES string of the molecule is Cc1nc2c(cnn2C(C)C)cc1C(=O)N1CCCC(C(C)N)C1.Cl.Cl. The quantitative estimate of drug-likeness (QED) is 0.854. The zero-order valence-corrected chi connectivity index (χ0v) is 17.4. The molecule has 1 fully saturated rings. The molecule has 1 aliphatic heterocycles. The Labute approximate surface area is 167 Å². The van der Waals surface area contributed by atoms with Crippen LogP contribution in [0.25, 0.3) is 11.0 Å². The second kappa shape index (κ2) is 9.02. The lowest BCUT2D eigenvalue weighted by Crippen LogP contribution is -2.45. The van der Waals surface area contributed by atoms with Crippen molar-refractivity contribution in [3.8, 4) is 0 Å². The molecule has 0 aliphatic carbocycles. The molecule has 0 aromatic carbocycles. The monoisotopic (exact) mass is 401 g/mol. The van der Waals surface area contributed by atoms with E-state index >= 15 is 0 Å². The molecule has 3 rings (SSSR count). The molecule has 6 nitrogen and oxygen atoms in total. The fourth-order valence-electron chi connectivity index (χ4n) is 3.45. The van der Waals surface area contributed by atoms with Crippen LogP contribution >= 0.6 is 24.8 Å². The Hall–Kier alpha value is -1.37. The Morgan fingerprint density at radius 1 is 1.31 bits per heavy atom. The van der Waals surface area contributed by atoms with Crippen LogP contribution in [0.15, 0.2) is 12.3 Å². The van der Waals surface area contributed by atoms with E-state index in [2.05, 4.69) is 23.9 Å². The summed E-state index contributed by atoms with van der Waals surface area (Å²) in [6, 6.07) is 2.29. The predicted octanol–water partition coefficient (Wildman–Crippen LogP) is 3.36. The van der Waals surface area contributed by atoms with Crippen LogP contribution in [0.5, 0.6) is 0 Å². The number of nitrogens with zero attached hydrogens (tertiary/aromatic N) is 4. The van der Waals surface area contributed by atoms with Crippen LogP contribution in [0.3, 0.4) is 0 Å². The lowest BCUT2D eigenvalue weighted by atomic mass is 9.91. The van der Waals surface area contributed by atoms with Crippen molar-refractivity contribution in [1.82, 2.24) is 19.7 Å². The highest BCUT2D eigenvalue weighted by Crippen LogP contribution is 2.24. The van der Waals surface area contributed by atoms with Crippen LogP contribution in [-0.2, 0) is 0 Å². The summed E-state index contributed by atoms with van der Waals surface area (Å²) in [5.74, 6) is 0.438. The number of aromatic nitrogens is 3. The molecule has 1 saturated heterocycles. The van der Waals surface area contributed by atoms with Gasteiger partial charge in [0.05, 0.1) is 17.5 Å². The number of fused-ring (bicyclic) bond motifs is 1. The average Bonchev–Trinajstić information content (AvgIpc) is 2.96. The van der Waals surface area contributed by atoms with Gasteiger partial charge in [0.1, 0.15) is 0 Å². The van der Waals surface area contributed by atoms with Gasteiger partial charge in [0.2, 0.25) is 0 Å². The summed E-state index contributed by atoms with van der Waals surface area (Å²) in [7, 11) is 0. The third kappa shape index (κ3) is 4.30. The Balaban J connectivity index is 0.00000169. The first-order valence-corrected chi connectivity index (χ1v) is 8.78. The molecule has 1 amide bonds. The van der Waals surface area contributed by atoms with Gasteiger partial charge in [0, 0.05) is 30.6 Å². The maximum absolute atomic E-state index is 13.0. The van der Waals surface area contributed by atoms with Gasteiger partial charge < -0.3 is 10.6 Å². The molecule has 146 valence electrons. The van der Waals surface area contributed by atoms with Gasteiger partial charge in [-0.15, -0.1) is 24.8 Å². The van der Waals surface area contributed by atoms with E-state index in [1.54, 1.807) is 6.20 Å². The third-order valence-electron chi connectivity index (χ3n) is 4.97. The summed E-state index contributed by atoms with van der Waals surface area (Å²) in [5.41, 5.74) is 8.32. The summed E-state index contributed by atoms with van der Waals surface area (Å²) >= 11 is 0. The van der Waals surface area contributed by atoms with Gasteiger partial charge in [-0.2, -0.15) is 5.10 Å². The number of amides is 1. The van der Waals surface area contributed by atoms with Gasteiger partial charge in [0.25, 0.3) is 5.91 Å². The van der Waals surface area contributed by atoms with Crippen molar-refractivity contribution in [3.05, 3.63) is 23.5 Å². The molecular weight excluding hydrogens is 373 g/mol. The van der Waals surface area contributed by atoms with Crippen molar-refractivity contribution in [2.75, 3.05) is 13.1 Å². The van der Waals surface area contributed by atoms with Gasteiger partial charge in [-0.05, 0) is 52.5 Å². The number of likely N-dealkylation sites (tertiary alicyclic amines) is 1. The summed E-state index contributed by atoms with van der Waals surface area (Å²) in [6.07, 6.45) is 3.90. The molecule has 2 unspecified atom stereocenters. The Kier molecular flexibility index (Phi) is 7.86. The Bertz CT molecular complexity index is 759. The molecule has 1 aliphatic rings. The molecular formula is C18H29Cl2N5O. The number of pyridine rings is 1. The molecule has 2 aromatic rings. The van der Waals surface area contributed by atoms with Crippen LogP contribution in [0.2, 0.25) is 0 Å². The molecule has 3 heterocycles. The van der Waals surface area contributed by atoms with Crippen LogP contribution in [0.1, 0.15) is 55.7 Å². The fourth-order valence-corrected chi connectivity index (χ4v) is 3.45. The highest BCUT2D eigenvalue weighted by molar-refractivity contribution is 5.98. The highest BCUT2D eigenvalue weighted by atomic mass is 35.5. The lowest BCUT2D eigenvalue weighted by molar-refractivity contribution is 0.0660. The number of halogens is 2. The van der Waals surface area contributed by atoms with E-state index in [-0.39, 0.29) is 42.8 Å². The van der Waals surface area contributed by atoms with Gasteiger partial charge in [-0.25, -0.2) is 9.67 Å². The second-order valence-corrected chi connectivity index (χ2v) is 7.23. The smallest absolute Gasteiger partial charge is 0.255 e. The number of hydrogen-bond donors (Lipinski definition) is 1. The zero-order chi connectivity index (χ0) is 17.4. The van der Waals surface area contributed by atoms with Gasteiger partial charge >= 0.3 is 0 Å². The van der Waals surface area contributed by atoms with Crippen LogP contribution in [-0.4, -0.2) is 44.7 Å². The minimum atomic E-state index is 0. The predicted molar refractivity (Wildman–Crippen MR) is 109 cm³/mol. The minimum absolute atomic E-state index is 0. The van der Waals surface area contributed by atoms with E-state index in [1.807, 2.05) is 29.5 Å². The summed E-state index contributed by atoms with van der Waals surface area (Å²) in [6.45, 7) is 9.61. The van der Waals surface area contributed by atoms with E-state index in [1.165, 1.54) is 0 Å². The van der Waals surface area contributed by atoms with Gasteiger partial charge in [-0.3, -0.25) is 4.79 Å². The number of carbonyl (C=O) groups excluding carboxylic acids is 1. The van der Waals surface area contributed by atoms with E-state index < -0.39 is 0 Å². The van der Waals surface area contributed by atoms with Crippen molar-refractivity contribution in [2.45, 2.75) is 52.6 Å². The number of aryl methyl sites for hydroxylation is 1. The van der Waals surface area contributed by atoms with Crippen molar-refractivity contribution in [1.29, 1.82) is 0 Å². The van der Waals surface area contributed by atoms with Crippen LogP contribution in [0.4, 0.5) is 0 Å². The van der Waals surface area contributed by atoms with E-state index in [4.69, 9.17) is 5.73 Å². The molecule has 2 atom stereocenters. The van der Waals surface area contributed by atoms with Crippen molar-refractivity contribution in [2.24, 2.45) is 11.7 Å². The first-order chi connectivity index (χ1) is 11.4. The average molecular weight is 402 g/mol. The zero-order valence-electron chi connectivity index (χ0n) is 15.8. The molecule has 8 heteroatoms. The fraction of sp³-hybridized carbons (Fsp3) is 0.611. The molecule has 0 saturated carbocycles. The summed E-state index contributed by atoms with van der Waals surface area (Å²) < 4.78 is 1.89. The second-order valence-electron chi connectivity index (χ2n) is 7.23. The number of carbonyl (C=O) groups is 1. The standard InChI is InChI=1S/C18H27N5O.2ClH/c1-11(2)23-17-15(9-20-23)8-16(13(4)21-17)18(24)22-7-5-6-14(10-22)12(3)19;;/h8-9,11-12,14H,5-7,10,19H2,1-4H3;2*1H. The maximum atomic E-state index is 13.0. The molecule has 0 radical (unpaired) electrons. The number of piperidine rings is 1. The first-order valence-electron chi connectivity index (χ1n) is 8.78. The molecule has 0 spiro atoms. The number of rotatable bonds is 3. The van der Waals surface area contributed by atoms with Crippen LogP contribution in [0, 0.1) is 12.8 Å².